The Morgan fingerprint density at radius 3 is 2.47 bits per heavy atom. The summed E-state index contributed by atoms with van der Waals surface area (Å²) in [5.74, 6) is 0.885. The predicted molar refractivity (Wildman–Crippen MR) is 80.5 cm³/mol. The number of aryl methyl sites for hydroxylation is 1. The molecule has 2 nitrogen and oxygen atoms in total. The van der Waals surface area contributed by atoms with Gasteiger partial charge in [-0.1, -0.05) is 42.5 Å². The van der Waals surface area contributed by atoms with Crippen molar-refractivity contribution in [2.75, 3.05) is 6.61 Å². The van der Waals surface area contributed by atoms with Crippen LogP contribution in [0.3, 0.4) is 0 Å². The van der Waals surface area contributed by atoms with E-state index in [0.29, 0.717) is 6.61 Å². The van der Waals surface area contributed by atoms with Crippen LogP contribution >= 0.6 is 8.38 Å². The van der Waals surface area contributed by atoms with E-state index in [0.717, 1.165) is 11.9 Å². The van der Waals surface area contributed by atoms with E-state index in [-0.39, 0.29) is 0 Å². The van der Waals surface area contributed by atoms with E-state index in [1.54, 1.807) is 0 Å². The lowest BCUT2D eigenvalue weighted by Crippen LogP contribution is -1.96. The average Bonchev–Trinajstić information content (AvgIpc) is 2.40. The molecular formula is C16H19O2P. The third-order valence-corrected chi connectivity index (χ3v) is 4.21. The van der Waals surface area contributed by atoms with Crippen molar-refractivity contribution in [3.8, 4) is 5.75 Å². The molecule has 0 aliphatic carbocycles. The van der Waals surface area contributed by atoms with E-state index in [1.807, 2.05) is 43.3 Å². The van der Waals surface area contributed by atoms with Crippen molar-refractivity contribution in [1.29, 1.82) is 0 Å². The molecule has 2 aromatic carbocycles. The zero-order chi connectivity index (χ0) is 13.5. The fourth-order valence-electron chi connectivity index (χ4n) is 1.77. The topological polar surface area (TPSA) is 18.5 Å². The number of benzene rings is 2. The van der Waals surface area contributed by atoms with Gasteiger partial charge in [0.2, 0.25) is 8.38 Å². The first-order valence-electron chi connectivity index (χ1n) is 6.47. The molecule has 0 radical (unpaired) electrons. The molecule has 0 saturated heterocycles. The standard InChI is InChI=1S/C16H19O2P/c1-3-17-19(13-15-9-5-4-6-10-15)18-16-11-7-8-14(2)12-16/h4-12H,3,13H2,1-2H3. The molecular weight excluding hydrogens is 255 g/mol. The molecule has 0 aliphatic rings. The van der Waals surface area contributed by atoms with E-state index in [4.69, 9.17) is 9.05 Å². The molecule has 19 heavy (non-hydrogen) atoms. The predicted octanol–water partition coefficient (Wildman–Crippen LogP) is 4.92. The fraction of sp³-hybridized carbons (Fsp3) is 0.250. The molecule has 3 heteroatoms. The molecule has 0 aliphatic heterocycles. The van der Waals surface area contributed by atoms with Crippen LogP contribution < -0.4 is 4.52 Å². The van der Waals surface area contributed by atoms with Gasteiger partial charge in [-0.15, -0.1) is 0 Å². The highest BCUT2D eigenvalue weighted by Crippen LogP contribution is 2.42. The molecule has 1 unspecified atom stereocenters. The highest BCUT2D eigenvalue weighted by atomic mass is 31.2. The summed E-state index contributed by atoms with van der Waals surface area (Å²) < 4.78 is 11.7. The number of hydrogen-bond acceptors (Lipinski definition) is 2. The average molecular weight is 274 g/mol. The van der Waals surface area contributed by atoms with Crippen molar-refractivity contribution in [3.05, 3.63) is 65.7 Å². The van der Waals surface area contributed by atoms with Gasteiger partial charge in [0.25, 0.3) is 0 Å². The molecule has 0 saturated carbocycles. The molecule has 0 bridgehead atoms. The van der Waals surface area contributed by atoms with Crippen LogP contribution in [-0.4, -0.2) is 6.61 Å². The van der Waals surface area contributed by atoms with Crippen LogP contribution in [0.1, 0.15) is 18.1 Å². The van der Waals surface area contributed by atoms with Gasteiger partial charge in [0.05, 0.1) is 12.8 Å². The molecule has 2 aromatic rings. The summed E-state index contributed by atoms with van der Waals surface area (Å²) in [5, 5.41) is 0. The molecule has 100 valence electrons. The van der Waals surface area contributed by atoms with E-state index in [9.17, 15) is 0 Å². The van der Waals surface area contributed by atoms with Crippen LogP contribution in [0.4, 0.5) is 0 Å². The van der Waals surface area contributed by atoms with Gasteiger partial charge in [-0.2, -0.15) is 0 Å². The Balaban J connectivity index is 2.04. The SMILES string of the molecule is CCOP(Cc1ccccc1)Oc1cccc(C)c1. The first kappa shape index (κ1) is 14.0. The van der Waals surface area contributed by atoms with Gasteiger partial charge in [0.1, 0.15) is 5.75 Å². The van der Waals surface area contributed by atoms with Crippen molar-refractivity contribution in [1.82, 2.24) is 0 Å². The lowest BCUT2D eigenvalue weighted by molar-refractivity contribution is 0.333. The first-order valence-corrected chi connectivity index (χ1v) is 7.83. The van der Waals surface area contributed by atoms with E-state index in [2.05, 4.69) is 25.1 Å². The summed E-state index contributed by atoms with van der Waals surface area (Å²) in [6.45, 7) is 4.73. The summed E-state index contributed by atoms with van der Waals surface area (Å²) in [7, 11) is -0.926. The molecule has 0 N–H and O–H groups in total. The van der Waals surface area contributed by atoms with E-state index in [1.165, 1.54) is 11.1 Å². The van der Waals surface area contributed by atoms with Crippen molar-refractivity contribution in [2.45, 2.75) is 20.0 Å². The Hall–Kier alpha value is -1.37. The van der Waals surface area contributed by atoms with Gasteiger partial charge in [-0.05, 0) is 37.1 Å². The number of rotatable bonds is 6. The summed E-state index contributed by atoms with van der Waals surface area (Å²) in [5.41, 5.74) is 2.44. The van der Waals surface area contributed by atoms with Crippen LogP contribution in [-0.2, 0) is 10.7 Å². The van der Waals surface area contributed by atoms with Gasteiger partial charge in [0, 0.05) is 0 Å². The highest BCUT2D eigenvalue weighted by molar-refractivity contribution is 7.46. The second-order valence-electron chi connectivity index (χ2n) is 4.30. The monoisotopic (exact) mass is 274 g/mol. The maximum atomic E-state index is 5.98. The van der Waals surface area contributed by atoms with Crippen LogP contribution in [0.5, 0.6) is 5.75 Å². The summed E-state index contributed by atoms with van der Waals surface area (Å²) in [6.07, 6.45) is 0.817. The van der Waals surface area contributed by atoms with E-state index >= 15 is 0 Å². The van der Waals surface area contributed by atoms with Gasteiger partial charge < -0.3 is 9.05 Å². The Kier molecular flexibility index (Phi) is 5.38. The third-order valence-electron chi connectivity index (χ3n) is 2.62. The van der Waals surface area contributed by atoms with Crippen molar-refractivity contribution in [2.24, 2.45) is 0 Å². The lowest BCUT2D eigenvalue weighted by Gasteiger charge is -2.17. The van der Waals surface area contributed by atoms with Gasteiger partial charge in [-0.25, -0.2) is 0 Å². The quantitative estimate of drug-likeness (QED) is 0.696. The Bertz CT molecular complexity index is 499. The smallest absolute Gasteiger partial charge is 0.234 e. The van der Waals surface area contributed by atoms with Crippen molar-refractivity contribution < 1.29 is 9.05 Å². The zero-order valence-electron chi connectivity index (χ0n) is 11.4. The Morgan fingerprint density at radius 1 is 1.00 bits per heavy atom. The van der Waals surface area contributed by atoms with Crippen LogP contribution in [0.25, 0.3) is 0 Å². The second kappa shape index (κ2) is 7.28. The van der Waals surface area contributed by atoms with Gasteiger partial charge in [0.15, 0.2) is 0 Å². The van der Waals surface area contributed by atoms with Crippen LogP contribution in [0.2, 0.25) is 0 Å². The molecule has 2 rings (SSSR count). The van der Waals surface area contributed by atoms with Crippen molar-refractivity contribution in [3.63, 3.8) is 0 Å². The minimum atomic E-state index is -0.926. The summed E-state index contributed by atoms with van der Waals surface area (Å²) in [6, 6.07) is 18.4. The van der Waals surface area contributed by atoms with Gasteiger partial charge >= 0.3 is 0 Å². The molecule has 1 atom stereocenters. The van der Waals surface area contributed by atoms with Gasteiger partial charge in [-0.3, -0.25) is 0 Å². The minimum absolute atomic E-state index is 0.671. The summed E-state index contributed by atoms with van der Waals surface area (Å²) >= 11 is 0. The highest BCUT2D eigenvalue weighted by Gasteiger charge is 2.13. The Labute approximate surface area is 116 Å². The van der Waals surface area contributed by atoms with Crippen molar-refractivity contribution >= 4 is 8.38 Å². The Morgan fingerprint density at radius 2 is 1.79 bits per heavy atom. The normalized spacial score (nSPS) is 12.1. The van der Waals surface area contributed by atoms with E-state index < -0.39 is 8.38 Å². The minimum Gasteiger partial charge on any atom is -0.447 e. The largest absolute Gasteiger partial charge is 0.447 e. The fourth-order valence-corrected chi connectivity index (χ4v) is 3.12. The molecule has 0 fully saturated rings. The maximum Gasteiger partial charge on any atom is 0.234 e. The second-order valence-corrected chi connectivity index (χ2v) is 5.72. The summed E-state index contributed by atoms with van der Waals surface area (Å²) in [4.78, 5) is 0. The maximum absolute atomic E-state index is 5.98. The first-order chi connectivity index (χ1) is 9.28. The zero-order valence-corrected chi connectivity index (χ0v) is 12.3. The molecule has 0 spiro atoms. The lowest BCUT2D eigenvalue weighted by atomic mass is 10.2. The van der Waals surface area contributed by atoms with Crippen LogP contribution in [0.15, 0.2) is 54.6 Å². The third kappa shape index (κ3) is 4.66. The molecule has 0 amide bonds. The number of hydrogen-bond donors (Lipinski definition) is 0. The molecule has 0 heterocycles. The van der Waals surface area contributed by atoms with Crippen LogP contribution in [0, 0.1) is 6.92 Å². The molecule has 0 aromatic heterocycles.